The van der Waals surface area contributed by atoms with Gasteiger partial charge < -0.3 is 5.32 Å². The molecule has 72 valence electrons. The van der Waals surface area contributed by atoms with Gasteiger partial charge in [-0.2, -0.15) is 5.26 Å². The van der Waals surface area contributed by atoms with Gasteiger partial charge in [0.25, 0.3) is 0 Å². The van der Waals surface area contributed by atoms with Crippen LogP contribution in [0.15, 0.2) is 0 Å². The second-order valence-corrected chi connectivity index (χ2v) is 4.19. The van der Waals surface area contributed by atoms with E-state index < -0.39 is 5.54 Å². The Morgan fingerprint density at radius 2 is 2.23 bits per heavy atom. The van der Waals surface area contributed by atoms with Crippen LogP contribution >= 0.6 is 0 Å². The summed E-state index contributed by atoms with van der Waals surface area (Å²) >= 11 is 0. The van der Waals surface area contributed by atoms with Crippen LogP contribution in [0, 0.1) is 17.2 Å². The van der Waals surface area contributed by atoms with E-state index in [0.717, 1.165) is 19.3 Å². The fourth-order valence-corrected chi connectivity index (χ4v) is 1.48. The lowest BCUT2D eigenvalue weighted by molar-refractivity contribution is -0.123. The van der Waals surface area contributed by atoms with E-state index in [1.54, 1.807) is 0 Å². The van der Waals surface area contributed by atoms with Gasteiger partial charge in [0, 0.05) is 6.42 Å². The molecule has 0 spiro atoms. The molecule has 0 saturated heterocycles. The Bertz CT molecular complexity index is 236. The first-order chi connectivity index (χ1) is 6.08. The molecule has 3 nitrogen and oxygen atoms in total. The van der Waals surface area contributed by atoms with Crippen LogP contribution < -0.4 is 5.32 Å². The van der Waals surface area contributed by atoms with Crippen LogP contribution in [-0.2, 0) is 4.79 Å². The van der Waals surface area contributed by atoms with Crippen molar-refractivity contribution in [3.05, 3.63) is 0 Å². The fraction of sp³-hybridized carbons (Fsp3) is 0.800. The van der Waals surface area contributed by atoms with Crippen LogP contribution in [-0.4, -0.2) is 11.4 Å². The molecule has 0 unspecified atom stereocenters. The molecule has 1 rings (SSSR count). The van der Waals surface area contributed by atoms with Crippen LogP contribution in [0.25, 0.3) is 0 Å². The largest absolute Gasteiger partial charge is 0.338 e. The Balaban J connectivity index is 2.39. The topological polar surface area (TPSA) is 52.9 Å². The van der Waals surface area contributed by atoms with Gasteiger partial charge in [0.2, 0.25) is 5.91 Å². The number of carbonyl (C=O) groups is 1. The number of nitriles is 1. The van der Waals surface area contributed by atoms with Crippen molar-refractivity contribution in [1.29, 1.82) is 5.26 Å². The number of carbonyl (C=O) groups excluding carboxylic acids is 1. The number of nitrogens with one attached hydrogen (secondary N) is 1. The second kappa shape index (κ2) is 3.78. The number of amides is 1. The molecule has 0 bridgehead atoms. The van der Waals surface area contributed by atoms with Gasteiger partial charge in [-0.3, -0.25) is 4.79 Å². The van der Waals surface area contributed by atoms with Gasteiger partial charge in [-0.1, -0.05) is 13.8 Å². The molecule has 0 atom stereocenters. The predicted molar refractivity (Wildman–Crippen MR) is 49.8 cm³/mol. The van der Waals surface area contributed by atoms with Crippen molar-refractivity contribution in [2.45, 2.75) is 45.1 Å². The molecule has 1 saturated carbocycles. The summed E-state index contributed by atoms with van der Waals surface area (Å²) in [4.78, 5) is 11.4. The summed E-state index contributed by atoms with van der Waals surface area (Å²) in [7, 11) is 0. The van der Waals surface area contributed by atoms with Crippen molar-refractivity contribution >= 4 is 5.91 Å². The zero-order valence-electron chi connectivity index (χ0n) is 8.26. The lowest BCUT2D eigenvalue weighted by Gasteiger charge is -2.36. The molecule has 1 fully saturated rings. The van der Waals surface area contributed by atoms with E-state index in [1.807, 2.05) is 13.8 Å². The van der Waals surface area contributed by atoms with Crippen molar-refractivity contribution in [1.82, 2.24) is 5.32 Å². The van der Waals surface area contributed by atoms with E-state index in [2.05, 4.69) is 11.4 Å². The van der Waals surface area contributed by atoms with E-state index in [-0.39, 0.29) is 5.91 Å². The molecule has 1 aliphatic rings. The Labute approximate surface area is 79.1 Å². The van der Waals surface area contributed by atoms with E-state index in [9.17, 15) is 4.79 Å². The highest BCUT2D eigenvalue weighted by Gasteiger charge is 2.38. The van der Waals surface area contributed by atoms with Gasteiger partial charge in [0.1, 0.15) is 5.54 Å². The van der Waals surface area contributed by atoms with Crippen molar-refractivity contribution < 1.29 is 4.79 Å². The van der Waals surface area contributed by atoms with E-state index in [0.29, 0.717) is 12.3 Å². The minimum absolute atomic E-state index is 0.0104. The van der Waals surface area contributed by atoms with Crippen molar-refractivity contribution in [2.24, 2.45) is 5.92 Å². The molecule has 1 N–H and O–H groups in total. The summed E-state index contributed by atoms with van der Waals surface area (Å²) < 4.78 is 0. The third-order valence-electron chi connectivity index (χ3n) is 2.39. The number of nitrogens with zero attached hydrogens (tertiary/aromatic N) is 1. The van der Waals surface area contributed by atoms with Gasteiger partial charge in [-0.05, 0) is 25.2 Å². The third kappa shape index (κ3) is 2.45. The quantitative estimate of drug-likeness (QED) is 0.717. The Kier molecular flexibility index (Phi) is 2.92. The molecule has 0 heterocycles. The summed E-state index contributed by atoms with van der Waals surface area (Å²) in [6.07, 6.45) is 3.19. The molecule has 0 radical (unpaired) electrons. The molecule has 0 aromatic heterocycles. The molecule has 13 heavy (non-hydrogen) atoms. The van der Waals surface area contributed by atoms with Crippen molar-refractivity contribution in [2.75, 3.05) is 0 Å². The molecule has 1 amide bonds. The van der Waals surface area contributed by atoms with Gasteiger partial charge in [-0.25, -0.2) is 0 Å². The minimum atomic E-state index is -0.522. The summed E-state index contributed by atoms with van der Waals surface area (Å²) in [6, 6.07) is 2.19. The summed E-state index contributed by atoms with van der Waals surface area (Å²) in [5, 5.41) is 11.7. The van der Waals surface area contributed by atoms with Crippen LogP contribution in [0.1, 0.15) is 39.5 Å². The highest BCUT2D eigenvalue weighted by atomic mass is 16.1. The van der Waals surface area contributed by atoms with E-state index in [4.69, 9.17) is 5.26 Å². The molecule has 1 aliphatic carbocycles. The molecular weight excluding hydrogens is 164 g/mol. The maximum atomic E-state index is 11.4. The highest BCUT2D eigenvalue weighted by Crippen LogP contribution is 2.31. The Morgan fingerprint density at radius 1 is 1.62 bits per heavy atom. The smallest absolute Gasteiger partial charge is 0.221 e. The average molecular weight is 180 g/mol. The average Bonchev–Trinajstić information content (AvgIpc) is 1.95. The first kappa shape index (κ1) is 10.0. The summed E-state index contributed by atoms with van der Waals surface area (Å²) in [5.41, 5.74) is -0.522. The lowest BCUT2D eigenvalue weighted by Crippen LogP contribution is -2.52. The van der Waals surface area contributed by atoms with Gasteiger partial charge in [-0.15, -0.1) is 0 Å². The lowest BCUT2D eigenvalue weighted by atomic mass is 9.78. The zero-order valence-corrected chi connectivity index (χ0v) is 8.26. The Morgan fingerprint density at radius 3 is 2.54 bits per heavy atom. The number of hydrogen-bond acceptors (Lipinski definition) is 2. The first-order valence-corrected chi connectivity index (χ1v) is 4.80. The maximum Gasteiger partial charge on any atom is 0.221 e. The van der Waals surface area contributed by atoms with Crippen molar-refractivity contribution in [3.8, 4) is 6.07 Å². The molecule has 3 heteroatoms. The molecule has 0 aromatic rings. The monoisotopic (exact) mass is 180 g/mol. The maximum absolute atomic E-state index is 11.4. The van der Waals surface area contributed by atoms with Gasteiger partial charge in [0.15, 0.2) is 0 Å². The second-order valence-electron chi connectivity index (χ2n) is 4.19. The SMILES string of the molecule is CC(C)CC(=O)NC1(C#N)CCC1. The van der Waals surface area contributed by atoms with E-state index >= 15 is 0 Å². The number of hydrogen-bond donors (Lipinski definition) is 1. The molecule has 0 aromatic carbocycles. The zero-order chi connectivity index (χ0) is 9.90. The van der Waals surface area contributed by atoms with Crippen LogP contribution in [0.4, 0.5) is 0 Å². The Hall–Kier alpha value is -1.04. The molecular formula is C10H16N2O. The van der Waals surface area contributed by atoms with Crippen molar-refractivity contribution in [3.63, 3.8) is 0 Å². The highest BCUT2D eigenvalue weighted by molar-refractivity contribution is 5.77. The first-order valence-electron chi connectivity index (χ1n) is 4.80. The fourth-order valence-electron chi connectivity index (χ4n) is 1.48. The third-order valence-corrected chi connectivity index (χ3v) is 2.39. The normalized spacial score (nSPS) is 18.9. The van der Waals surface area contributed by atoms with Gasteiger partial charge in [0.05, 0.1) is 6.07 Å². The van der Waals surface area contributed by atoms with Crippen LogP contribution in [0.3, 0.4) is 0 Å². The predicted octanol–water partition coefficient (Wildman–Crippen LogP) is 1.59. The molecule has 0 aliphatic heterocycles. The summed E-state index contributed by atoms with van der Waals surface area (Å²) in [5.74, 6) is 0.368. The van der Waals surface area contributed by atoms with Crippen LogP contribution in [0.2, 0.25) is 0 Å². The number of rotatable bonds is 3. The van der Waals surface area contributed by atoms with Crippen LogP contribution in [0.5, 0.6) is 0 Å². The summed E-state index contributed by atoms with van der Waals surface area (Å²) in [6.45, 7) is 4.00. The minimum Gasteiger partial charge on any atom is -0.338 e. The van der Waals surface area contributed by atoms with Gasteiger partial charge >= 0.3 is 0 Å². The standard InChI is InChI=1S/C10H16N2O/c1-8(2)6-9(13)12-10(7-11)4-3-5-10/h8H,3-6H2,1-2H3,(H,12,13). The van der Waals surface area contributed by atoms with E-state index in [1.165, 1.54) is 0 Å².